The van der Waals surface area contributed by atoms with Crippen LogP contribution in [0, 0.1) is 0 Å². The third kappa shape index (κ3) is 2.42. The number of H-pyrrole nitrogens is 1. The van der Waals surface area contributed by atoms with Crippen molar-refractivity contribution in [2.45, 2.75) is 6.54 Å². The van der Waals surface area contributed by atoms with Gasteiger partial charge in [-0.25, -0.2) is 0 Å². The molecule has 5 heteroatoms. The van der Waals surface area contributed by atoms with E-state index in [1.807, 2.05) is 12.3 Å². The Kier molecular flexibility index (Phi) is 3.08. The fraction of sp³-hybridized carbons (Fsp3) is 0.385. The molecule has 2 N–H and O–H groups in total. The molecule has 2 aromatic heterocycles. The Morgan fingerprint density at radius 2 is 2.11 bits per heavy atom. The van der Waals surface area contributed by atoms with Crippen molar-refractivity contribution in [3.05, 3.63) is 40.3 Å². The number of pyridine rings is 2. The average Bonchev–Trinajstić information content (AvgIpc) is 2.39. The molecule has 0 saturated carbocycles. The number of piperazine rings is 1. The molecule has 0 unspecified atom stereocenters. The molecule has 1 aliphatic heterocycles. The van der Waals surface area contributed by atoms with E-state index in [1.54, 1.807) is 6.07 Å². The van der Waals surface area contributed by atoms with Gasteiger partial charge in [0.15, 0.2) is 0 Å². The van der Waals surface area contributed by atoms with E-state index in [0.717, 1.165) is 49.3 Å². The molecular formula is C13H16N4O. The Morgan fingerprint density at radius 1 is 1.28 bits per heavy atom. The molecule has 1 aliphatic rings. The van der Waals surface area contributed by atoms with Crippen LogP contribution in [0.25, 0.3) is 11.0 Å². The van der Waals surface area contributed by atoms with Crippen LogP contribution in [0.15, 0.2) is 29.2 Å². The zero-order chi connectivity index (χ0) is 12.4. The predicted molar refractivity (Wildman–Crippen MR) is 70.5 cm³/mol. The van der Waals surface area contributed by atoms with Gasteiger partial charge in [0.1, 0.15) is 0 Å². The standard InChI is InChI=1S/C13H16N4O/c18-13-2-1-11-12(16-13)7-10(8-15-11)9-17-5-3-14-4-6-17/h1-2,7-8,14H,3-6,9H2,(H,16,18). The van der Waals surface area contributed by atoms with E-state index in [-0.39, 0.29) is 5.56 Å². The van der Waals surface area contributed by atoms with Gasteiger partial charge in [0.2, 0.25) is 5.56 Å². The summed E-state index contributed by atoms with van der Waals surface area (Å²) in [6.45, 7) is 5.09. The van der Waals surface area contributed by atoms with E-state index >= 15 is 0 Å². The summed E-state index contributed by atoms with van der Waals surface area (Å²) < 4.78 is 0. The molecule has 2 aromatic rings. The predicted octanol–water partition coefficient (Wildman–Crippen LogP) is 0.328. The van der Waals surface area contributed by atoms with Gasteiger partial charge in [-0.2, -0.15) is 0 Å². The van der Waals surface area contributed by atoms with Gasteiger partial charge in [-0.15, -0.1) is 0 Å². The molecule has 1 saturated heterocycles. The van der Waals surface area contributed by atoms with Gasteiger partial charge < -0.3 is 10.3 Å². The summed E-state index contributed by atoms with van der Waals surface area (Å²) in [6.07, 6.45) is 1.89. The SMILES string of the molecule is O=c1ccc2ncc(CN3CCNCC3)cc2[nH]1. The largest absolute Gasteiger partial charge is 0.321 e. The number of aromatic amines is 1. The zero-order valence-corrected chi connectivity index (χ0v) is 10.1. The third-order valence-corrected chi connectivity index (χ3v) is 3.24. The topological polar surface area (TPSA) is 61.0 Å². The molecule has 0 spiro atoms. The van der Waals surface area contributed by atoms with Crippen molar-refractivity contribution >= 4 is 11.0 Å². The maximum atomic E-state index is 11.3. The molecule has 18 heavy (non-hydrogen) atoms. The van der Waals surface area contributed by atoms with Crippen LogP contribution in [0.2, 0.25) is 0 Å². The van der Waals surface area contributed by atoms with Crippen LogP contribution in [0.1, 0.15) is 5.56 Å². The highest BCUT2D eigenvalue weighted by atomic mass is 16.1. The number of rotatable bonds is 2. The second kappa shape index (κ2) is 4.88. The lowest BCUT2D eigenvalue weighted by molar-refractivity contribution is 0.233. The lowest BCUT2D eigenvalue weighted by atomic mass is 10.2. The van der Waals surface area contributed by atoms with Crippen molar-refractivity contribution in [3.63, 3.8) is 0 Å². The lowest BCUT2D eigenvalue weighted by Crippen LogP contribution is -2.42. The van der Waals surface area contributed by atoms with Crippen LogP contribution in [0.5, 0.6) is 0 Å². The lowest BCUT2D eigenvalue weighted by Gasteiger charge is -2.27. The smallest absolute Gasteiger partial charge is 0.248 e. The minimum atomic E-state index is -0.0800. The molecule has 0 atom stereocenters. The quantitative estimate of drug-likeness (QED) is 0.799. The van der Waals surface area contributed by atoms with E-state index in [1.165, 1.54) is 6.07 Å². The van der Waals surface area contributed by atoms with E-state index in [4.69, 9.17) is 0 Å². The fourth-order valence-electron chi connectivity index (χ4n) is 2.29. The molecule has 94 valence electrons. The summed E-state index contributed by atoms with van der Waals surface area (Å²) in [7, 11) is 0. The summed E-state index contributed by atoms with van der Waals surface area (Å²) in [5.41, 5.74) is 2.71. The maximum absolute atomic E-state index is 11.3. The Balaban J connectivity index is 1.85. The van der Waals surface area contributed by atoms with Gasteiger partial charge in [-0.1, -0.05) is 0 Å². The summed E-state index contributed by atoms with van der Waals surface area (Å²) in [4.78, 5) is 20.9. The molecule has 0 bridgehead atoms. The summed E-state index contributed by atoms with van der Waals surface area (Å²) in [5, 5.41) is 3.33. The first-order chi connectivity index (χ1) is 8.81. The Hall–Kier alpha value is -1.72. The summed E-state index contributed by atoms with van der Waals surface area (Å²) >= 11 is 0. The second-order valence-corrected chi connectivity index (χ2v) is 4.63. The first-order valence-corrected chi connectivity index (χ1v) is 6.22. The van der Waals surface area contributed by atoms with E-state index in [9.17, 15) is 4.79 Å². The van der Waals surface area contributed by atoms with Crippen LogP contribution in [0.4, 0.5) is 0 Å². The minimum Gasteiger partial charge on any atom is -0.321 e. The molecule has 0 aromatic carbocycles. The van der Waals surface area contributed by atoms with Crippen LogP contribution in [-0.4, -0.2) is 41.0 Å². The van der Waals surface area contributed by atoms with Crippen molar-refractivity contribution < 1.29 is 0 Å². The van der Waals surface area contributed by atoms with Crippen LogP contribution >= 0.6 is 0 Å². The third-order valence-electron chi connectivity index (χ3n) is 3.24. The van der Waals surface area contributed by atoms with Crippen molar-refractivity contribution in [2.75, 3.05) is 26.2 Å². The molecule has 0 aliphatic carbocycles. The van der Waals surface area contributed by atoms with E-state index < -0.39 is 0 Å². The Labute approximate surface area is 105 Å². The van der Waals surface area contributed by atoms with Crippen molar-refractivity contribution in [1.82, 2.24) is 20.2 Å². The molecule has 0 amide bonds. The van der Waals surface area contributed by atoms with Crippen LogP contribution < -0.4 is 10.9 Å². The average molecular weight is 244 g/mol. The van der Waals surface area contributed by atoms with Gasteiger partial charge in [-0.3, -0.25) is 14.7 Å². The van der Waals surface area contributed by atoms with Crippen LogP contribution in [0.3, 0.4) is 0 Å². The summed E-state index contributed by atoms with van der Waals surface area (Å²) in [6, 6.07) is 5.28. The number of fused-ring (bicyclic) bond motifs is 1. The number of aromatic nitrogens is 2. The van der Waals surface area contributed by atoms with Crippen molar-refractivity contribution in [2.24, 2.45) is 0 Å². The van der Waals surface area contributed by atoms with Crippen molar-refractivity contribution in [1.29, 1.82) is 0 Å². The monoisotopic (exact) mass is 244 g/mol. The second-order valence-electron chi connectivity index (χ2n) is 4.63. The van der Waals surface area contributed by atoms with Gasteiger partial charge in [-0.05, 0) is 17.7 Å². The highest BCUT2D eigenvalue weighted by molar-refractivity contribution is 5.73. The molecule has 3 rings (SSSR count). The first kappa shape index (κ1) is 11.4. The molecule has 5 nitrogen and oxygen atoms in total. The number of nitrogens with one attached hydrogen (secondary N) is 2. The van der Waals surface area contributed by atoms with Crippen molar-refractivity contribution in [3.8, 4) is 0 Å². The van der Waals surface area contributed by atoms with Gasteiger partial charge >= 0.3 is 0 Å². The molecule has 0 radical (unpaired) electrons. The highest BCUT2D eigenvalue weighted by Gasteiger charge is 2.10. The normalized spacial score (nSPS) is 17.1. The number of nitrogens with zero attached hydrogens (tertiary/aromatic N) is 2. The van der Waals surface area contributed by atoms with Gasteiger partial charge in [0.05, 0.1) is 11.0 Å². The van der Waals surface area contributed by atoms with E-state index in [0.29, 0.717) is 0 Å². The van der Waals surface area contributed by atoms with Crippen LogP contribution in [-0.2, 0) is 6.54 Å². The number of hydrogen-bond acceptors (Lipinski definition) is 4. The van der Waals surface area contributed by atoms with E-state index in [2.05, 4.69) is 20.2 Å². The molecule has 1 fully saturated rings. The molecular weight excluding hydrogens is 228 g/mol. The number of hydrogen-bond donors (Lipinski definition) is 2. The maximum Gasteiger partial charge on any atom is 0.248 e. The zero-order valence-electron chi connectivity index (χ0n) is 10.1. The van der Waals surface area contributed by atoms with Gasteiger partial charge in [0, 0.05) is 45.0 Å². The Bertz CT molecular complexity index is 601. The summed E-state index contributed by atoms with van der Waals surface area (Å²) in [5.74, 6) is 0. The molecule has 3 heterocycles. The highest BCUT2D eigenvalue weighted by Crippen LogP contribution is 2.11. The Morgan fingerprint density at radius 3 is 2.94 bits per heavy atom. The van der Waals surface area contributed by atoms with Gasteiger partial charge in [0.25, 0.3) is 0 Å². The minimum absolute atomic E-state index is 0.0800. The first-order valence-electron chi connectivity index (χ1n) is 6.22. The fourth-order valence-corrected chi connectivity index (χ4v) is 2.29.